The van der Waals surface area contributed by atoms with Crippen molar-refractivity contribution in [1.82, 2.24) is 9.80 Å². The van der Waals surface area contributed by atoms with Gasteiger partial charge in [0.2, 0.25) is 0 Å². The number of nitrogens with zero attached hydrogens (tertiary/aromatic N) is 2. The summed E-state index contributed by atoms with van der Waals surface area (Å²) in [7, 11) is 1.99. The van der Waals surface area contributed by atoms with Gasteiger partial charge in [-0.3, -0.25) is 4.79 Å². The first-order valence-corrected chi connectivity index (χ1v) is 13.3. The van der Waals surface area contributed by atoms with Crippen molar-refractivity contribution < 1.29 is 9.90 Å². The van der Waals surface area contributed by atoms with Crippen LogP contribution >= 0.6 is 0 Å². The van der Waals surface area contributed by atoms with Crippen LogP contribution in [0.15, 0.2) is 66.7 Å². The van der Waals surface area contributed by atoms with Crippen LogP contribution in [0.1, 0.15) is 54.4 Å². The molecule has 0 unspecified atom stereocenters. The molecule has 1 aliphatic heterocycles. The van der Waals surface area contributed by atoms with Crippen molar-refractivity contribution in [3.63, 3.8) is 0 Å². The Morgan fingerprint density at radius 1 is 1.00 bits per heavy atom. The van der Waals surface area contributed by atoms with E-state index in [0.29, 0.717) is 11.7 Å². The molecule has 1 heterocycles. The predicted molar refractivity (Wildman–Crippen MR) is 141 cm³/mol. The first-order chi connectivity index (χ1) is 17.0. The zero-order valence-corrected chi connectivity index (χ0v) is 20.7. The molecule has 0 radical (unpaired) electrons. The van der Waals surface area contributed by atoms with Crippen molar-refractivity contribution >= 4 is 16.7 Å². The average Bonchev–Trinajstić information content (AvgIpc) is 3.71. The molecule has 182 valence electrons. The Balaban J connectivity index is 1.26. The number of carbonyl (C=O) groups excluding carboxylic acids is 1. The minimum atomic E-state index is 0.0135. The molecule has 0 bridgehead atoms. The van der Waals surface area contributed by atoms with Gasteiger partial charge in [0.25, 0.3) is 5.91 Å². The third kappa shape index (κ3) is 4.33. The maximum absolute atomic E-state index is 13.6. The van der Waals surface area contributed by atoms with Crippen LogP contribution in [0.2, 0.25) is 0 Å². The van der Waals surface area contributed by atoms with Crippen LogP contribution in [0, 0.1) is 11.8 Å². The Labute approximate surface area is 208 Å². The summed E-state index contributed by atoms with van der Waals surface area (Å²) in [6.45, 7) is 3.50. The van der Waals surface area contributed by atoms with Gasteiger partial charge >= 0.3 is 0 Å². The first kappa shape index (κ1) is 22.6. The largest absolute Gasteiger partial charge is 0.508 e. The molecule has 0 aromatic heterocycles. The number of rotatable bonds is 5. The fourth-order valence-corrected chi connectivity index (χ4v) is 6.86. The van der Waals surface area contributed by atoms with Gasteiger partial charge in [0.1, 0.15) is 5.75 Å². The van der Waals surface area contributed by atoms with Crippen LogP contribution in [0.4, 0.5) is 0 Å². The highest BCUT2D eigenvalue weighted by molar-refractivity contribution is 5.98. The molecule has 3 atom stereocenters. The molecule has 3 aliphatic rings. The van der Waals surface area contributed by atoms with E-state index in [-0.39, 0.29) is 17.4 Å². The highest BCUT2D eigenvalue weighted by atomic mass is 16.3. The Bertz CT molecular complexity index is 1240. The monoisotopic (exact) mass is 468 g/mol. The molecule has 3 aromatic rings. The van der Waals surface area contributed by atoms with Gasteiger partial charge in [-0.25, -0.2) is 0 Å². The van der Waals surface area contributed by atoms with E-state index in [9.17, 15) is 9.90 Å². The van der Waals surface area contributed by atoms with Gasteiger partial charge in [0, 0.05) is 37.2 Å². The second kappa shape index (κ2) is 8.98. The van der Waals surface area contributed by atoms with Crippen molar-refractivity contribution in [2.24, 2.45) is 11.8 Å². The number of amides is 1. The second-order valence-electron chi connectivity index (χ2n) is 11.3. The highest BCUT2D eigenvalue weighted by Gasteiger charge is 2.49. The molecule has 4 heteroatoms. The zero-order chi connectivity index (χ0) is 24.0. The van der Waals surface area contributed by atoms with E-state index in [4.69, 9.17) is 0 Å². The summed E-state index contributed by atoms with van der Waals surface area (Å²) in [6, 6.07) is 22.4. The van der Waals surface area contributed by atoms with E-state index in [1.807, 2.05) is 48.3 Å². The number of fused-ring (bicyclic) bond motifs is 2. The summed E-state index contributed by atoms with van der Waals surface area (Å²) in [4.78, 5) is 18.3. The fourth-order valence-electron chi connectivity index (χ4n) is 6.86. The van der Waals surface area contributed by atoms with Crippen molar-refractivity contribution in [1.29, 1.82) is 0 Å². The minimum absolute atomic E-state index is 0.0135. The highest BCUT2D eigenvalue weighted by Crippen LogP contribution is 2.51. The molecule has 1 saturated heterocycles. The molecule has 3 aromatic carbocycles. The van der Waals surface area contributed by atoms with Crippen molar-refractivity contribution in [2.45, 2.75) is 50.0 Å². The lowest BCUT2D eigenvalue weighted by Crippen LogP contribution is -2.56. The van der Waals surface area contributed by atoms with E-state index in [0.717, 1.165) is 61.0 Å². The Morgan fingerprint density at radius 2 is 1.83 bits per heavy atom. The number of carbonyl (C=O) groups is 1. The predicted octanol–water partition coefficient (Wildman–Crippen LogP) is 5.84. The van der Waals surface area contributed by atoms with Crippen LogP contribution in [-0.2, 0) is 5.41 Å². The molecule has 1 N–H and O–H groups in total. The van der Waals surface area contributed by atoms with Gasteiger partial charge in [-0.05, 0) is 97.5 Å². The summed E-state index contributed by atoms with van der Waals surface area (Å²) in [5, 5.41) is 12.6. The topological polar surface area (TPSA) is 43.8 Å². The standard InChI is InChI=1S/C31H36N2O2/c1-32(30(35)25-12-11-23-5-2-3-6-24(23)17-25)28-14-13-27-21-33(20-22-9-10-22)16-15-31(27,19-28)26-7-4-8-29(34)18-26/h2-8,11-12,17-18,22,27-28,34H,9-10,13-16,19-21H2,1H3/t27-,28-,31+/m1/s1. The molecule has 2 saturated carbocycles. The number of phenols is 1. The average molecular weight is 469 g/mol. The summed E-state index contributed by atoms with van der Waals surface area (Å²) in [5.74, 6) is 1.93. The Kier molecular flexibility index (Phi) is 5.80. The van der Waals surface area contributed by atoms with Gasteiger partial charge in [0.05, 0.1) is 0 Å². The van der Waals surface area contributed by atoms with Crippen molar-refractivity contribution in [3.05, 3.63) is 77.9 Å². The molecule has 4 nitrogen and oxygen atoms in total. The third-order valence-corrected chi connectivity index (χ3v) is 9.08. The lowest BCUT2D eigenvalue weighted by Gasteiger charge is -2.54. The van der Waals surface area contributed by atoms with E-state index in [1.54, 1.807) is 6.07 Å². The number of aromatic hydroxyl groups is 1. The normalized spacial score (nSPS) is 26.9. The van der Waals surface area contributed by atoms with Gasteiger partial charge in [-0.15, -0.1) is 0 Å². The van der Waals surface area contributed by atoms with Crippen molar-refractivity contribution in [3.8, 4) is 5.75 Å². The molecule has 2 aliphatic carbocycles. The van der Waals surface area contributed by atoms with E-state index in [2.05, 4.69) is 29.2 Å². The molecular weight excluding hydrogens is 432 g/mol. The SMILES string of the molecule is CN(C(=O)c1ccc2ccccc2c1)[C@@H]1CC[C@@H]2CN(CC3CC3)CC[C@@]2(c2cccc(O)c2)C1. The van der Waals surface area contributed by atoms with Crippen LogP contribution in [0.25, 0.3) is 10.8 Å². The third-order valence-electron chi connectivity index (χ3n) is 9.08. The van der Waals surface area contributed by atoms with Crippen LogP contribution < -0.4 is 0 Å². The number of phenolic OH excluding ortho intramolecular Hbond substituents is 1. The second-order valence-corrected chi connectivity index (χ2v) is 11.3. The lowest BCUT2D eigenvalue weighted by atomic mass is 9.57. The summed E-state index contributed by atoms with van der Waals surface area (Å²) in [6.07, 6.45) is 7.01. The summed E-state index contributed by atoms with van der Waals surface area (Å²) < 4.78 is 0. The molecule has 0 spiro atoms. The van der Waals surface area contributed by atoms with Crippen LogP contribution in [-0.4, -0.2) is 53.5 Å². The van der Waals surface area contributed by atoms with E-state index < -0.39 is 0 Å². The maximum Gasteiger partial charge on any atom is 0.253 e. The zero-order valence-electron chi connectivity index (χ0n) is 20.7. The number of piperidine rings is 1. The van der Waals surface area contributed by atoms with Gasteiger partial charge in [-0.1, -0.05) is 42.5 Å². The lowest BCUT2D eigenvalue weighted by molar-refractivity contribution is 0.0175. The molecule has 6 rings (SSSR count). The summed E-state index contributed by atoms with van der Waals surface area (Å²) in [5.41, 5.74) is 2.03. The van der Waals surface area contributed by atoms with Crippen LogP contribution in [0.3, 0.4) is 0 Å². The first-order valence-electron chi connectivity index (χ1n) is 13.3. The van der Waals surface area contributed by atoms with Gasteiger partial charge in [-0.2, -0.15) is 0 Å². The Hall–Kier alpha value is -2.85. The number of hydrogen-bond acceptors (Lipinski definition) is 3. The molecule has 3 fully saturated rings. The molecule has 35 heavy (non-hydrogen) atoms. The molecular formula is C31H36N2O2. The maximum atomic E-state index is 13.6. The van der Waals surface area contributed by atoms with E-state index >= 15 is 0 Å². The number of benzene rings is 3. The fraction of sp³-hybridized carbons (Fsp3) is 0.452. The number of likely N-dealkylation sites (tertiary alicyclic amines) is 1. The quantitative estimate of drug-likeness (QED) is 0.512. The smallest absolute Gasteiger partial charge is 0.253 e. The Morgan fingerprint density at radius 3 is 2.63 bits per heavy atom. The van der Waals surface area contributed by atoms with Crippen molar-refractivity contribution in [2.75, 3.05) is 26.7 Å². The van der Waals surface area contributed by atoms with Gasteiger partial charge < -0.3 is 14.9 Å². The molecule has 1 amide bonds. The van der Waals surface area contributed by atoms with Gasteiger partial charge in [0.15, 0.2) is 0 Å². The van der Waals surface area contributed by atoms with E-state index in [1.165, 1.54) is 24.9 Å². The minimum Gasteiger partial charge on any atom is -0.508 e. The van der Waals surface area contributed by atoms with Crippen LogP contribution in [0.5, 0.6) is 5.75 Å². The number of hydrogen-bond donors (Lipinski definition) is 1. The summed E-state index contributed by atoms with van der Waals surface area (Å²) >= 11 is 0.